The third kappa shape index (κ3) is 3.60. The van der Waals surface area contributed by atoms with Gasteiger partial charge in [-0.15, -0.1) is 6.58 Å². The van der Waals surface area contributed by atoms with Gasteiger partial charge in [-0.1, -0.05) is 6.08 Å². The summed E-state index contributed by atoms with van der Waals surface area (Å²) in [7, 11) is 0. The Morgan fingerprint density at radius 2 is 1.85 bits per heavy atom. The first-order valence-corrected chi connectivity index (χ1v) is 6.76. The van der Waals surface area contributed by atoms with Crippen LogP contribution in [0.15, 0.2) is 36.9 Å². The first kappa shape index (κ1) is 14.1. The minimum absolute atomic E-state index is 0.0774. The number of urea groups is 1. The zero-order valence-corrected chi connectivity index (χ0v) is 11.4. The Kier molecular flexibility index (Phi) is 4.76. The summed E-state index contributed by atoms with van der Waals surface area (Å²) in [6, 6.07) is 6.77. The Morgan fingerprint density at radius 1 is 1.20 bits per heavy atom. The number of likely N-dealkylation sites (tertiary alicyclic amines) is 1. The van der Waals surface area contributed by atoms with E-state index >= 15 is 0 Å². The number of nitrogens with zero attached hydrogens (tertiary/aromatic N) is 1. The molecule has 1 aromatic rings. The molecule has 0 atom stereocenters. The highest BCUT2D eigenvalue weighted by Gasteiger charge is 2.17. The predicted octanol–water partition coefficient (Wildman–Crippen LogP) is 2.23. The molecule has 0 aromatic heterocycles. The second kappa shape index (κ2) is 6.75. The second-order valence-electron chi connectivity index (χ2n) is 4.70. The fourth-order valence-corrected chi connectivity index (χ4v) is 2.09. The number of hydrogen-bond acceptors (Lipinski definition) is 2. The van der Waals surface area contributed by atoms with Gasteiger partial charge in [-0.2, -0.15) is 0 Å². The number of benzene rings is 1. The Hall–Kier alpha value is -2.30. The van der Waals surface area contributed by atoms with Crippen molar-refractivity contribution in [2.24, 2.45) is 0 Å². The topological polar surface area (TPSA) is 61.4 Å². The van der Waals surface area contributed by atoms with Gasteiger partial charge in [0.2, 0.25) is 0 Å². The molecule has 2 rings (SSSR count). The quantitative estimate of drug-likeness (QED) is 0.826. The molecule has 1 heterocycles. The summed E-state index contributed by atoms with van der Waals surface area (Å²) in [5, 5.41) is 5.53. The van der Waals surface area contributed by atoms with Gasteiger partial charge < -0.3 is 15.5 Å². The largest absolute Gasteiger partial charge is 0.349 e. The fraction of sp³-hybridized carbons (Fsp3) is 0.333. The maximum absolute atomic E-state index is 11.9. The van der Waals surface area contributed by atoms with Crippen molar-refractivity contribution < 1.29 is 9.59 Å². The van der Waals surface area contributed by atoms with Crippen LogP contribution in [0.4, 0.5) is 10.5 Å². The van der Waals surface area contributed by atoms with E-state index in [1.807, 2.05) is 0 Å². The van der Waals surface area contributed by atoms with Crippen LogP contribution in [-0.2, 0) is 0 Å². The summed E-state index contributed by atoms with van der Waals surface area (Å²) in [6.45, 7) is 5.61. The molecule has 0 unspecified atom stereocenters. The Balaban J connectivity index is 1.92. The number of nitrogens with one attached hydrogen (secondary N) is 2. The van der Waals surface area contributed by atoms with Crippen molar-refractivity contribution >= 4 is 17.6 Å². The monoisotopic (exact) mass is 273 g/mol. The van der Waals surface area contributed by atoms with Gasteiger partial charge in [0.05, 0.1) is 0 Å². The summed E-state index contributed by atoms with van der Waals surface area (Å²) in [4.78, 5) is 25.4. The molecule has 5 heteroatoms. The van der Waals surface area contributed by atoms with Crippen molar-refractivity contribution in [1.29, 1.82) is 0 Å². The van der Waals surface area contributed by atoms with Gasteiger partial charge in [0.15, 0.2) is 0 Å². The highest BCUT2D eigenvalue weighted by atomic mass is 16.2. The van der Waals surface area contributed by atoms with Gasteiger partial charge in [0.1, 0.15) is 0 Å². The average molecular weight is 273 g/mol. The first-order chi connectivity index (χ1) is 9.70. The summed E-state index contributed by atoms with van der Waals surface area (Å²) in [5.74, 6) is -0.151. The molecular formula is C15H19N3O2. The molecule has 0 radical (unpaired) electrons. The number of amides is 3. The third-order valence-corrected chi connectivity index (χ3v) is 3.20. The molecule has 1 aromatic carbocycles. The number of hydrogen-bond donors (Lipinski definition) is 2. The second-order valence-corrected chi connectivity index (χ2v) is 4.70. The van der Waals surface area contributed by atoms with E-state index in [1.54, 1.807) is 35.2 Å². The normalized spacial score (nSPS) is 13.9. The summed E-state index contributed by atoms with van der Waals surface area (Å²) >= 11 is 0. The molecule has 20 heavy (non-hydrogen) atoms. The van der Waals surface area contributed by atoms with E-state index < -0.39 is 0 Å². The van der Waals surface area contributed by atoms with Crippen LogP contribution in [0, 0.1) is 0 Å². The third-order valence-electron chi connectivity index (χ3n) is 3.20. The van der Waals surface area contributed by atoms with Gasteiger partial charge >= 0.3 is 6.03 Å². The molecule has 0 aliphatic carbocycles. The van der Waals surface area contributed by atoms with E-state index in [0.717, 1.165) is 25.9 Å². The van der Waals surface area contributed by atoms with Gasteiger partial charge in [0, 0.05) is 30.9 Å². The van der Waals surface area contributed by atoms with Gasteiger partial charge in [0.25, 0.3) is 5.91 Å². The molecule has 0 bridgehead atoms. The summed E-state index contributed by atoms with van der Waals surface area (Å²) < 4.78 is 0. The van der Waals surface area contributed by atoms with E-state index in [9.17, 15) is 9.59 Å². The van der Waals surface area contributed by atoms with Crippen LogP contribution in [0.1, 0.15) is 23.2 Å². The Bertz CT molecular complexity index is 490. The zero-order chi connectivity index (χ0) is 14.4. The van der Waals surface area contributed by atoms with Crippen LogP contribution >= 0.6 is 0 Å². The van der Waals surface area contributed by atoms with Gasteiger partial charge in [-0.3, -0.25) is 4.79 Å². The van der Waals surface area contributed by atoms with Crippen molar-refractivity contribution in [2.45, 2.75) is 12.8 Å². The van der Waals surface area contributed by atoms with Crippen molar-refractivity contribution in [3.63, 3.8) is 0 Å². The maximum Gasteiger partial charge on any atom is 0.321 e. The lowest BCUT2D eigenvalue weighted by Gasteiger charge is -2.16. The number of carbonyl (C=O) groups is 2. The highest BCUT2D eigenvalue weighted by Crippen LogP contribution is 2.13. The predicted molar refractivity (Wildman–Crippen MR) is 78.8 cm³/mol. The van der Waals surface area contributed by atoms with Crippen LogP contribution in [0.2, 0.25) is 0 Å². The minimum atomic E-state index is -0.151. The SMILES string of the molecule is C=CCNC(=O)c1ccc(NC(=O)N2CCCC2)cc1. The Morgan fingerprint density at radius 3 is 2.45 bits per heavy atom. The Labute approximate surface area is 118 Å². The number of anilines is 1. The molecule has 0 saturated carbocycles. The van der Waals surface area contributed by atoms with Crippen LogP contribution in [0.25, 0.3) is 0 Å². The van der Waals surface area contributed by atoms with E-state index in [1.165, 1.54) is 0 Å². The van der Waals surface area contributed by atoms with E-state index in [-0.39, 0.29) is 11.9 Å². The lowest BCUT2D eigenvalue weighted by Crippen LogP contribution is -2.32. The molecule has 3 amide bonds. The first-order valence-electron chi connectivity index (χ1n) is 6.76. The molecule has 1 saturated heterocycles. The molecule has 1 aliphatic rings. The standard InChI is InChI=1S/C15H19N3O2/c1-2-9-16-14(19)12-5-7-13(8-6-12)17-15(20)18-10-3-4-11-18/h2,5-8H,1,3-4,9-11H2,(H,16,19)(H,17,20). The molecule has 106 valence electrons. The average Bonchev–Trinajstić information content (AvgIpc) is 3.00. The van der Waals surface area contributed by atoms with Crippen LogP contribution in [0.5, 0.6) is 0 Å². The minimum Gasteiger partial charge on any atom is -0.349 e. The van der Waals surface area contributed by atoms with Crippen molar-refractivity contribution in [1.82, 2.24) is 10.2 Å². The lowest BCUT2D eigenvalue weighted by molar-refractivity contribution is 0.0958. The fourth-order valence-electron chi connectivity index (χ4n) is 2.09. The molecule has 1 aliphatic heterocycles. The van der Waals surface area contributed by atoms with Gasteiger partial charge in [-0.05, 0) is 37.1 Å². The highest BCUT2D eigenvalue weighted by molar-refractivity contribution is 5.95. The lowest BCUT2D eigenvalue weighted by atomic mass is 10.2. The smallest absolute Gasteiger partial charge is 0.321 e. The number of rotatable bonds is 4. The molecule has 0 spiro atoms. The van der Waals surface area contributed by atoms with Crippen molar-refractivity contribution in [2.75, 3.05) is 25.0 Å². The summed E-state index contributed by atoms with van der Waals surface area (Å²) in [6.07, 6.45) is 3.76. The van der Waals surface area contributed by atoms with Crippen molar-refractivity contribution in [3.8, 4) is 0 Å². The molecular weight excluding hydrogens is 254 g/mol. The molecule has 1 fully saturated rings. The number of carbonyl (C=O) groups excluding carboxylic acids is 2. The van der Waals surface area contributed by atoms with Crippen LogP contribution < -0.4 is 10.6 Å². The van der Waals surface area contributed by atoms with E-state index in [2.05, 4.69) is 17.2 Å². The zero-order valence-electron chi connectivity index (χ0n) is 11.4. The molecule has 2 N–H and O–H groups in total. The van der Waals surface area contributed by atoms with Crippen LogP contribution in [-0.4, -0.2) is 36.5 Å². The van der Waals surface area contributed by atoms with E-state index in [4.69, 9.17) is 0 Å². The molecule has 5 nitrogen and oxygen atoms in total. The van der Waals surface area contributed by atoms with Gasteiger partial charge in [-0.25, -0.2) is 4.79 Å². The van der Waals surface area contributed by atoms with Crippen LogP contribution in [0.3, 0.4) is 0 Å². The summed E-state index contributed by atoms with van der Waals surface area (Å²) in [5.41, 5.74) is 1.26. The maximum atomic E-state index is 11.9. The van der Waals surface area contributed by atoms with E-state index in [0.29, 0.717) is 17.8 Å². The van der Waals surface area contributed by atoms with Crippen molar-refractivity contribution in [3.05, 3.63) is 42.5 Å².